The first-order valence-corrected chi connectivity index (χ1v) is 47.6. The largest absolute Gasteiger partial charge is 0.361 e. The van der Waals surface area contributed by atoms with Crippen LogP contribution in [0.15, 0.2) is 192 Å². The number of carbonyl (C=O) groups excluding carboxylic acids is 2. The van der Waals surface area contributed by atoms with E-state index in [0.717, 1.165) is 76.9 Å². The van der Waals surface area contributed by atoms with Crippen molar-refractivity contribution in [2.45, 2.75) is 161 Å². The number of thioether (sulfide) groups is 4. The second kappa shape index (κ2) is 37.9. The molecule has 8 aromatic rings. The molecule has 0 radical (unpaired) electrons. The van der Waals surface area contributed by atoms with Gasteiger partial charge in [0.25, 0.3) is 0 Å². The lowest BCUT2D eigenvalue weighted by atomic mass is 10.2. The Kier molecular flexibility index (Phi) is 31.7. The Hall–Kier alpha value is -4.83. The molecule has 0 aliphatic heterocycles. The lowest BCUT2D eigenvalue weighted by Gasteiger charge is -2.16. The van der Waals surface area contributed by atoms with E-state index < -0.39 is 32.3 Å². The number of aromatic nitrogens is 8. The van der Waals surface area contributed by atoms with Gasteiger partial charge in [0.15, 0.2) is 0 Å². The SMILES string of the molecule is C[Si](C)(C)CCOCn1cnc(SC(=O)c2ccccc2)c1.C[Si](C)(C)CCOCn1cnc(SCc2ccccc2)c1.C[Si](C)(C)CCOCn1cncc1SC(=O)c1ccccc1.C[Si](C)(C)CCOCn1cncc1SCc1ccccc1. The second-order valence-corrected chi connectivity index (χ2v) is 51.8. The first-order chi connectivity index (χ1) is 41.0. The van der Waals surface area contributed by atoms with Gasteiger partial charge in [-0.05, 0) is 58.8 Å². The molecule has 0 fully saturated rings. The highest BCUT2D eigenvalue weighted by Crippen LogP contribution is 2.26. The molecular weight excluding hydrogens is 1220 g/mol. The van der Waals surface area contributed by atoms with Gasteiger partial charge in [-0.25, -0.2) is 19.9 Å². The van der Waals surface area contributed by atoms with E-state index in [1.54, 1.807) is 42.4 Å². The number of hydrogen-bond donors (Lipinski definition) is 0. The zero-order valence-electron chi connectivity index (χ0n) is 52.7. The summed E-state index contributed by atoms with van der Waals surface area (Å²) in [5, 5.41) is 3.74. The summed E-state index contributed by atoms with van der Waals surface area (Å²) in [6.45, 7) is 33.5. The van der Waals surface area contributed by atoms with Gasteiger partial charge in [0.05, 0.1) is 42.7 Å². The number of carbonyl (C=O) groups is 2. The van der Waals surface area contributed by atoms with Crippen LogP contribution in [0, 0.1) is 0 Å². The molecule has 0 unspecified atom stereocenters. The fourth-order valence-corrected chi connectivity index (χ4v) is 13.3. The molecule has 0 saturated carbocycles. The van der Waals surface area contributed by atoms with Crippen molar-refractivity contribution in [1.82, 2.24) is 38.2 Å². The van der Waals surface area contributed by atoms with E-state index in [2.05, 4.69) is 158 Å². The lowest BCUT2D eigenvalue weighted by molar-refractivity contribution is 0.0818. The third kappa shape index (κ3) is 31.9. The summed E-state index contributed by atoms with van der Waals surface area (Å²) in [6.07, 6.45) is 14.6. The Labute approximate surface area is 533 Å². The molecule has 4 aromatic carbocycles. The number of imidazole rings is 4. The molecule has 0 aliphatic carbocycles. The van der Waals surface area contributed by atoms with Crippen molar-refractivity contribution in [3.8, 4) is 0 Å². The van der Waals surface area contributed by atoms with Gasteiger partial charge in [-0.15, -0.1) is 23.5 Å². The Morgan fingerprint density at radius 1 is 0.407 bits per heavy atom. The fourth-order valence-electron chi connectivity index (χ4n) is 7.06. The Bertz CT molecular complexity index is 3130. The third-order valence-electron chi connectivity index (χ3n) is 12.4. The molecule has 0 N–H and O–H groups in total. The van der Waals surface area contributed by atoms with Crippen molar-refractivity contribution in [3.63, 3.8) is 0 Å². The zero-order chi connectivity index (χ0) is 62.3. The Morgan fingerprint density at radius 3 is 1.19 bits per heavy atom. The second-order valence-electron chi connectivity index (χ2n) is 25.3. The maximum atomic E-state index is 12.2. The zero-order valence-corrected chi connectivity index (χ0v) is 60.0. The molecular formula is C64H92N8O6S4Si4. The number of ether oxygens (including phenoxy) is 4. The molecule has 0 spiro atoms. The molecule has 4 heterocycles. The lowest BCUT2D eigenvalue weighted by Crippen LogP contribution is -2.22. The predicted molar refractivity (Wildman–Crippen MR) is 371 cm³/mol. The Balaban J connectivity index is 0.000000209. The number of rotatable bonds is 30. The van der Waals surface area contributed by atoms with E-state index in [-0.39, 0.29) is 10.2 Å². The van der Waals surface area contributed by atoms with E-state index in [0.29, 0.717) is 43.1 Å². The molecule has 464 valence electrons. The summed E-state index contributed by atoms with van der Waals surface area (Å²) in [5.41, 5.74) is 4.03. The minimum Gasteiger partial charge on any atom is -0.361 e. The molecule has 8 rings (SSSR count). The topological polar surface area (TPSA) is 142 Å². The van der Waals surface area contributed by atoms with Crippen molar-refractivity contribution in [1.29, 1.82) is 0 Å². The summed E-state index contributed by atoms with van der Waals surface area (Å²) >= 11 is 5.88. The standard InChI is InChI=1S/2C16H22N2O2SSi.2C16H24N2OSSi/c1-22(2,3)10-9-20-13-18-11-15(17-12-18)21-16(19)14-7-5-4-6-8-14;1-22(2,3)10-9-20-13-18-12-17-11-15(18)21-16(19)14-7-5-4-6-8-14;1-21(2,3)10-9-19-14-18-11-16(17-13-18)20-12-15-7-5-4-6-8-15;1-21(2,3)10-9-19-14-18-13-17-11-16(18)20-12-15-7-5-4-6-8-15/h2*4-8,11-12H,9-10,13H2,1-3H3;2*4-8,11,13H,9-10,12,14H2,1-3H3. The van der Waals surface area contributed by atoms with E-state index in [9.17, 15) is 9.59 Å². The highest BCUT2D eigenvalue weighted by Gasteiger charge is 2.17. The molecule has 0 bridgehead atoms. The number of nitrogens with zero attached hydrogens (tertiary/aromatic N) is 8. The van der Waals surface area contributed by atoms with Crippen LogP contribution < -0.4 is 0 Å². The van der Waals surface area contributed by atoms with Crippen LogP contribution in [-0.2, 0) is 57.4 Å². The molecule has 0 saturated heterocycles. The van der Waals surface area contributed by atoms with Gasteiger partial charge >= 0.3 is 0 Å². The van der Waals surface area contributed by atoms with Gasteiger partial charge < -0.3 is 37.2 Å². The van der Waals surface area contributed by atoms with Gasteiger partial charge in [-0.2, -0.15) is 0 Å². The van der Waals surface area contributed by atoms with Gasteiger partial charge in [0.2, 0.25) is 10.2 Å². The summed E-state index contributed by atoms with van der Waals surface area (Å²) in [4.78, 5) is 41.3. The van der Waals surface area contributed by atoms with Crippen LogP contribution in [0.4, 0.5) is 0 Å². The highest BCUT2D eigenvalue weighted by molar-refractivity contribution is 8.14. The quantitative estimate of drug-likeness (QED) is 0.0239. The van der Waals surface area contributed by atoms with Crippen molar-refractivity contribution < 1.29 is 28.5 Å². The molecule has 0 atom stereocenters. The van der Waals surface area contributed by atoms with Crippen LogP contribution in [0.3, 0.4) is 0 Å². The monoisotopic (exact) mass is 1310 g/mol. The van der Waals surface area contributed by atoms with E-state index in [1.165, 1.54) is 35.0 Å². The van der Waals surface area contributed by atoms with Crippen LogP contribution in [0.25, 0.3) is 0 Å². The molecule has 22 heteroatoms. The van der Waals surface area contributed by atoms with Gasteiger partial charge in [0, 0.05) is 93.7 Å². The van der Waals surface area contributed by atoms with Crippen molar-refractivity contribution >= 4 is 89.6 Å². The van der Waals surface area contributed by atoms with Crippen molar-refractivity contribution in [2.24, 2.45) is 0 Å². The van der Waals surface area contributed by atoms with Crippen molar-refractivity contribution in [3.05, 3.63) is 194 Å². The first kappa shape index (κ1) is 71.9. The molecule has 86 heavy (non-hydrogen) atoms. The maximum absolute atomic E-state index is 12.2. The Morgan fingerprint density at radius 2 is 0.756 bits per heavy atom. The third-order valence-corrected chi connectivity index (χ3v) is 23.1. The fraction of sp³-hybridized carbons (Fsp3) is 0.406. The van der Waals surface area contributed by atoms with Crippen molar-refractivity contribution in [2.75, 3.05) is 26.4 Å². The van der Waals surface area contributed by atoms with E-state index in [4.69, 9.17) is 18.9 Å². The maximum Gasteiger partial charge on any atom is 0.225 e. The molecule has 4 aromatic heterocycles. The van der Waals surface area contributed by atoms with E-state index in [1.807, 2.05) is 112 Å². The van der Waals surface area contributed by atoms with Crippen LogP contribution >= 0.6 is 47.0 Å². The first-order valence-electron chi connectivity index (χ1n) is 29.2. The van der Waals surface area contributed by atoms with Crippen LogP contribution in [0.1, 0.15) is 31.8 Å². The van der Waals surface area contributed by atoms with Crippen LogP contribution in [0.5, 0.6) is 0 Å². The smallest absolute Gasteiger partial charge is 0.225 e. The predicted octanol–water partition coefficient (Wildman–Crippen LogP) is 17.2. The number of hydrogen-bond acceptors (Lipinski definition) is 14. The van der Waals surface area contributed by atoms with E-state index >= 15 is 0 Å². The summed E-state index contributed by atoms with van der Waals surface area (Å²) in [7, 11) is -4.12. The number of benzene rings is 4. The van der Waals surface area contributed by atoms with Gasteiger partial charge in [0.1, 0.15) is 42.0 Å². The summed E-state index contributed by atoms with van der Waals surface area (Å²) < 4.78 is 30.7. The normalized spacial score (nSPS) is 11.7. The molecule has 0 aliphatic rings. The van der Waals surface area contributed by atoms with Gasteiger partial charge in [-0.3, -0.25) is 9.59 Å². The average Bonchev–Trinajstić information content (AvgIpc) is 4.37. The average molecular weight is 1310 g/mol. The minimum atomic E-state index is -1.07. The molecule has 0 amide bonds. The van der Waals surface area contributed by atoms with Crippen LogP contribution in [-0.4, -0.2) is 107 Å². The summed E-state index contributed by atoms with van der Waals surface area (Å²) in [6, 6.07) is 44.2. The molecule has 14 nitrogen and oxygen atoms in total. The minimum absolute atomic E-state index is 0.00509. The summed E-state index contributed by atoms with van der Waals surface area (Å²) in [5.74, 6) is 1.91. The van der Waals surface area contributed by atoms with Crippen LogP contribution in [0.2, 0.25) is 103 Å². The highest BCUT2D eigenvalue weighted by atomic mass is 32.2. The van der Waals surface area contributed by atoms with Gasteiger partial charge in [-0.1, -0.05) is 200 Å².